The molecule has 2 aromatic heterocycles. The van der Waals surface area contributed by atoms with Crippen LogP contribution in [0.2, 0.25) is 0 Å². The average Bonchev–Trinajstić information content (AvgIpc) is 3.06. The number of aromatic nitrogens is 5. The predicted molar refractivity (Wildman–Crippen MR) is 112 cm³/mol. The molecule has 0 aliphatic heterocycles. The summed E-state index contributed by atoms with van der Waals surface area (Å²) in [5, 5.41) is 9.77. The Bertz CT molecular complexity index is 1010. The lowest BCUT2D eigenvalue weighted by Crippen LogP contribution is -2.05. The number of hydrogen-bond donors (Lipinski definition) is 0. The monoisotopic (exact) mass is 451 g/mol. The van der Waals surface area contributed by atoms with Crippen LogP contribution in [0.1, 0.15) is 28.3 Å². The van der Waals surface area contributed by atoms with Gasteiger partial charge in [-0.25, -0.2) is 9.97 Å². The summed E-state index contributed by atoms with van der Waals surface area (Å²) in [7, 11) is 0. The van der Waals surface area contributed by atoms with E-state index in [0.29, 0.717) is 33.9 Å². The van der Waals surface area contributed by atoms with Gasteiger partial charge in [-0.15, -0.1) is 16.8 Å². The van der Waals surface area contributed by atoms with Gasteiger partial charge in [0, 0.05) is 23.7 Å². The van der Waals surface area contributed by atoms with E-state index < -0.39 is 11.7 Å². The zero-order chi connectivity index (χ0) is 21.7. The number of halogens is 3. The first-order chi connectivity index (χ1) is 14.3. The Kier molecular flexibility index (Phi) is 7.19. The molecule has 0 saturated carbocycles. The fraction of sp³-hybridized carbons (Fsp3) is 0.300. The minimum Gasteiger partial charge on any atom is -0.301 e. The van der Waals surface area contributed by atoms with Gasteiger partial charge in [0.15, 0.2) is 10.3 Å². The maximum atomic E-state index is 12.9. The lowest BCUT2D eigenvalue weighted by Gasteiger charge is -2.09. The Morgan fingerprint density at radius 2 is 1.77 bits per heavy atom. The van der Waals surface area contributed by atoms with Gasteiger partial charge in [0.05, 0.1) is 11.3 Å². The van der Waals surface area contributed by atoms with Crippen molar-refractivity contribution in [3.8, 4) is 0 Å². The molecule has 5 nitrogen and oxygen atoms in total. The number of thioether (sulfide) groups is 2. The minimum absolute atomic E-state index is 0.354. The van der Waals surface area contributed by atoms with Crippen LogP contribution in [0.25, 0.3) is 0 Å². The van der Waals surface area contributed by atoms with E-state index in [4.69, 9.17) is 0 Å². The van der Waals surface area contributed by atoms with Crippen LogP contribution in [0.4, 0.5) is 13.2 Å². The summed E-state index contributed by atoms with van der Waals surface area (Å²) in [6.45, 7) is 8.11. The number of aryl methyl sites for hydroxylation is 2. The first kappa shape index (κ1) is 22.4. The van der Waals surface area contributed by atoms with Gasteiger partial charge < -0.3 is 4.57 Å². The van der Waals surface area contributed by atoms with E-state index in [2.05, 4.69) is 26.7 Å². The lowest BCUT2D eigenvalue weighted by molar-refractivity contribution is -0.137. The number of rotatable bonds is 8. The predicted octanol–water partition coefficient (Wildman–Crippen LogP) is 5.47. The second kappa shape index (κ2) is 9.65. The number of alkyl halides is 3. The minimum atomic E-state index is -4.36. The molecule has 0 amide bonds. The standard InChI is InChI=1S/C20H20F3N5S2/c1-4-8-28-17(12-29-18-24-13(2)9-14(3)25-18)26-27-19(28)30-11-15-6-5-7-16(10-15)20(21,22)23/h4-7,9-10H,1,8,11-12H2,2-3H3. The molecular formula is C20H20F3N5S2. The molecule has 0 saturated heterocycles. The molecule has 0 fully saturated rings. The molecule has 0 spiro atoms. The van der Waals surface area contributed by atoms with Gasteiger partial charge in [0.25, 0.3) is 0 Å². The van der Waals surface area contributed by atoms with Gasteiger partial charge in [0.2, 0.25) is 0 Å². The fourth-order valence-electron chi connectivity index (χ4n) is 2.72. The van der Waals surface area contributed by atoms with Crippen molar-refractivity contribution in [1.29, 1.82) is 0 Å². The number of allylic oxidation sites excluding steroid dienone is 1. The van der Waals surface area contributed by atoms with Crippen molar-refractivity contribution >= 4 is 23.5 Å². The topological polar surface area (TPSA) is 56.5 Å². The SMILES string of the molecule is C=CCn1c(CSc2nc(C)cc(C)n2)nnc1SCc1cccc(C(F)(F)F)c1. The molecule has 0 aliphatic rings. The molecule has 10 heteroatoms. The molecule has 0 atom stereocenters. The van der Waals surface area contributed by atoms with Crippen molar-refractivity contribution in [3.63, 3.8) is 0 Å². The van der Waals surface area contributed by atoms with Crippen LogP contribution < -0.4 is 0 Å². The molecule has 0 N–H and O–H groups in total. The Balaban J connectivity index is 1.72. The number of hydrogen-bond acceptors (Lipinski definition) is 6. The van der Waals surface area contributed by atoms with Crippen molar-refractivity contribution in [3.05, 3.63) is 71.3 Å². The second-order valence-corrected chi connectivity index (χ2v) is 8.39. The van der Waals surface area contributed by atoms with E-state index in [1.54, 1.807) is 12.1 Å². The Labute approximate surface area is 181 Å². The van der Waals surface area contributed by atoms with Crippen molar-refractivity contribution in [2.75, 3.05) is 0 Å². The van der Waals surface area contributed by atoms with Crippen LogP contribution in [0.5, 0.6) is 0 Å². The molecule has 0 bridgehead atoms. The molecule has 1 aromatic carbocycles. The number of benzene rings is 1. The normalized spacial score (nSPS) is 11.6. The highest BCUT2D eigenvalue weighted by Crippen LogP contribution is 2.31. The van der Waals surface area contributed by atoms with Gasteiger partial charge in [-0.05, 0) is 31.5 Å². The molecular weight excluding hydrogens is 431 g/mol. The van der Waals surface area contributed by atoms with E-state index in [-0.39, 0.29) is 0 Å². The van der Waals surface area contributed by atoms with Crippen molar-refractivity contribution in [1.82, 2.24) is 24.7 Å². The maximum Gasteiger partial charge on any atom is 0.416 e. The lowest BCUT2D eigenvalue weighted by atomic mass is 10.1. The van der Waals surface area contributed by atoms with Crippen LogP contribution in [0, 0.1) is 13.8 Å². The molecule has 0 unspecified atom stereocenters. The van der Waals surface area contributed by atoms with Crippen molar-refractivity contribution in [2.45, 2.75) is 48.4 Å². The summed E-state index contributed by atoms with van der Waals surface area (Å²) in [5.74, 6) is 1.61. The highest BCUT2D eigenvalue weighted by molar-refractivity contribution is 7.98. The molecule has 2 heterocycles. The van der Waals surface area contributed by atoms with Crippen LogP contribution in [0.15, 0.2) is 53.3 Å². The van der Waals surface area contributed by atoms with Crippen LogP contribution >= 0.6 is 23.5 Å². The summed E-state index contributed by atoms with van der Waals surface area (Å²) in [6, 6.07) is 7.23. The average molecular weight is 452 g/mol. The third kappa shape index (κ3) is 5.85. The molecule has 0 aliphatic carbocycles. The van der Waals surface area contributed by atoms with Gasteiger partial charge in [-0.2, -0.15) is 13.2 Å². The van der Waals surface area contributed by atoms with Crippen LogP contribution in [0.3, 0.4) is 0 Å². The summed E-state index contributed by atoms with van der Waals surface area (Å²) in [5.41, 5.74) is 1.71. The summed E-state index contributed by atoms with van der Waals surface area (Å²) >= 11 is 2.80. The first-order valence-corrected chi connectivity index (χ1v) is 11.0. The molecule has 3 aromatic rings. The van der Waals surface area contributed by atoms with Gasteiger partial charge in [-0.3, -0.25) is 0 Å². The zero-order valence-corrected chi connectivity index (χ0v) is 18.1. The van der Waals surface area contributed by atoms with E-state index >= 15 is 0 Å². The van der Waals surface area contributed by atoms with Crippen molar-refractivity contribution in [2.24, 2.45) is 0 Å². The van der Waals surface area contributed by atoms with Gasteiger partial charge >= 0.3 is 6.18 Å². The first-order valence-electron chi connectivity index (χ1n) is 9.03. The summed E-state index contributed by atoms with van der Waals surface area (Å²) < 4.78 is 40.7. The third-order valence-electron chi connectivity index (χ3n) is 4.02. The zero-order valence-electron chi connectivity index (χ0n) is 16.5. The summed E-state index contributed by atoms with van der Waals surface area (Å²) in [4.78, 5) is 8.83. The van der Waals surface area contributed by atoms with E-state index in [9.17, 15) is 13.2 Å². The van der Waals surface area contributed by atoms with Crippen LogP contribution in [-0.4, -0.2) is 24.7 Å². The summed E-state index contributed by atoms with van der Waals surface area (Å²) in [6.07, 6.45) is -2.62. The van der Waals surface area contributed by atoms with E-state index in [0.717, 1.165) is 29.3 Å². The molecule has 3 rings (SSSR count). The smallest absolute Gasteiger partial charge is 0.301 e. The second-order valence-electron chi connectivity index (χ2n) is 6.51. The largest absolute Gasteiger partial charge is 0.416 e. The van der Waals surface area contributed by atoms with Crippen molar-refractivity contribution < 1.29 is 13.2 Å². The molecule has 30 heavy (non-hydrogen) atoms. The quantitative estimate of drug-likeness (QED) is 0.257. The maximum absolute atomic E-state index is 12.9. The Morgan fingerprint density at radius 1 is 1.03 bits per heavy atom. The van der Waals surface area contributed by atoms with E-state index in [1.807, 2.05) is 24.5 Å². The fourth-order valence-corrected chi connectivity index (χ4v) is 4.52. The highest BCUT2D eigenvalue weighted by Gasteiger charge is 2.30. The Hall–Kier alpha value is -2.33. The third-order valence-corrected chi connectivity index (χ3v) is 5.90. The highest BCUT2D eigenvalue weighted by atomic mass is 32.2. The van der Waals surface area contributed by atoms with E-state index in [1.165, 1.54) is 29.6 Å². The van der Waals surface area contributed by atoms with Gasteiger partial charge in [-0.1, -0.05) is 47.8 Å². The number of nitrogens with zero attached hydrogens (tertiary/aromatic N) is 5. The van der Waals surface area contributed by atoms with Crippen LogP contribution in [-0.2, 0) is 24.2 Å². The Morgan fingerprint density at radius 3 is 2.43 bits per heavy atom. The molecule has 158 valence electrons. The molecule has 0 radical (unpaired) electrons. The van der Waals surface area contributed by atoms with Gasteiger partial charge in [0.1, 0.15) is 5.82 Å².